The van der Waals surface area contributed by atoms with Crippen LogP contribution < -0.4 is 12.1 Å². The molecule has 0 amide bonds. The first-order valence-corrected chi connectivity index (χ1v) is 15.8. The van der Waals surface area contributed by atoms with Crippen LogP contribution in [0.2, 0.25) is 0 Å². The minimum atomic E-state index is -2.03. The molecule has 143 valence electrons. The predicted molar refractivity (Wildman–Crippen MR) is 116 cm³/mol. The van der Waals surface area contributed by atoms with Crippen LogP contribution in [0.25, 0.3) is 0 Å². The van der Waals surface area contributed by atoms with Crippen molar-refractivity contribution in [3.8, 4) is 0 Å². The first-order valence-electron chi connectivity index (χ1n) is 8.76. The summed E-state index contributed by atoms with van der Waals surface area (Å²) < 4.78 is 2.67. The van der Waals surface area contributed by atoms with Gasteiger partial charge in [0.25, 0.3) is 5.97 Å². The quantitative estimate of drug-likeness (QED) is 0.467. The molecule has 6 heteroatoms. The maximum atomic E-state index is 9.26. The van der Waals surface area contributed by atoms with Crippen molar-refractivity contribution >= 4 is 53.3 Å². The zero-order valence-electron chi connectivity index (χ0n) is 15.7. The molecule has 3 nitrogen and oxygen atoms in total. The van der Waals surface area contributed by atoms with E-state index in [9.17, 15) is 4.79 Å². The molecule has 0 aliphatic rings. The van der Waals surface area contributed by atoms with Gasteiger partial charge in [0.2, 0.25) is 0 Å². The third kappa shape index (κ3) is 11.8. The van der Waals surface area contributed by atoms with Gasteiger partial charge in [-0.25, -0.2) is 0 Å². The molecule has 0 aliphatic heterocycles. The SMILES string of the molecule is CC[NH+](CC)CC.O=C(O)C[S-].[Cl][Sn]([c]1ccccc1)[c]1ccccc1. The molecule has 0 atom stereocenters. The van der Waals surface area contributed by atoms with Gasteiger partial charge < -0.3 is 22.6 Å². The Kier molecular flexibility index (Phi) is 16.0. The number of benzene rings is 2. The molecular formula is C20H29ClNO2SSn. The monoisotopic (exact) mass is 502 g/mol. The third-order valence-corrected chi connectivity index (χ3v) is 11.6. The summed E-state index contributed by atoms with van der Waals surface area (Å²) in [6.07, 6.45) is 0. The van der Waals surface area contributed by atoms with Crippen LogP contribution >= 0.6 is 8.92 Å². The molecular weight excluding hydrogens is 472 g/mol. The summed E-state index contributed by atoms with van der Waals surface area (Å²) in [5.41, 5.74) is 0. The molecule has 0 aromatic heterocycles. The number of rotatable bonds is 6. The Morgan fingerprint density at radius 2 is 1.23 bits per heavy atom. The van der Waals surface area contributed by atoms with Gasteiger partial charge in [0.05, 0.1) is 19.6 Å². The number of aliphatic carboxylic acids is 1. The van der Waals surface area contributed by atoms with E-state index >= 15 is 0 Å². The molecule has 2 N–H and O–H groups in total. The number of carboxylic acid groups (broad SMARTS) is 1. The molecule has 0 fully saturated rings. The molecule has 0 unspecified atom stereocenters. The van der Waals surface area contributed by atoms with E-state index < -0.39 is 24.6 Å². The number of halogens is 1. The van der Waals surface area contributed by atoms with Crippen LogP contribution in [0.1, 0.15) is 20.8 Å². The minimum absolute atomic E-state index is 0.194. The Morgan fingerprint density at radius 3 is 1.42 bits per heavy atom. The molecule has 1 radical (unpaired) electrons. The van der Waals surface area contributed by atoms with Gasteiger partial charge in [-0.1, -0.05) is 5.75 Å². The van der Waals surface area contributed by atoms with Crippen LogP contribution in [-0.4, -0.2) is 55.1 Å². The zero-order chi connectivity index (χ0) is 19.8. The molecule has 0 heterocycles. The Labute approximate surface area is 174 Å². The van der Waals surface area contributed by atoms with Crippen molar-refractivity contribution in [3.05, 3.63) is 60.7 Å². The zero-order valence-corrected chi connectivity index (χ0v) is 20.2. The molecule has 0 spiro atoms. The number of quaternary nitrogens is 1. The van der Waals surface area contributed by atoms with Crippen LogP contribution in [0.3, 0.4) is 0 Å². The normalized spacial score (nSPS) is 9.81. The van der Waals surface area contributed by atoms with Gasteiger partial charge in [0.15, 0.2) is 0 Å². The summed E-state index contributed by atoms with van der Waals surface area (Å²) in [5, 5.41) is 7.62. The summed E-state index contributed by atoms with van der Waals surface area (Å²) in [6.45, 7) is 10.5. The second kappa shape index (κ2) is 16.5. The summed E-state index contributed by atoms with van der Waals surface area (Å²) in [7, 11) is 6.53. The van der Waals surface area contributed by atoms with Crippen molar-refractivity contribution in [2.24, 2.45) is 0 Å². The van der Waals surface area contributed by atoms with E-state index in [1.54, 1.807) is 4.90 Å². The second-order valence-corrected chi connectivity index (χ2v) is 13.3. The summed E-state index contributed by atoms with van der Waals surface area (Å²) in [5.74, 6) is -1.13. The van der Waals surface area contributed by atoms with Crippen molar-refractivity contribution in [2.45, 2.75) is 20.8 Å². The molecule has 26 heavy (non-hydrogen) atoms. The Bertz CT molecular complexity index is 538. The average molecular weight is 502 g/mol. The van der Waals surface area contributed by atoms with Gasteiger partial charge in [-0.3, -0.25) is 4.79 Å². The molecule has 0 bridgehead atoms. The maximum absolute atomic E-state index is 9.26. The second-order valence-electron chi connectivity index (χ2n) is 5.39. The number of hydrogen-bond donors (Lipinski definition) is 2. The van der Waals surface area contributed by atoms with Gasteiger partial charge in [0, 0.05) is 0 Å². The Morgan fingerprint density at radius 1 is 0.923 bits per heavy atom. The average Bonchev–Trinajstić information content (AvgIpc) is 2.71. The fourth-order valence-corrected chi connectivity index (χ4v) is 7.50. The molecule has 0 aliphatic carbocycles. The van der Waals surface area contributed by atoms with E-state index in [1.807, 2.05) is 12.1 Å². The van der Waals surface area contributed by atoms with Crippen molar-refractivity contribution in [2.75, 3.05) is 25.4 Å². The van der Waals surface area contributed by atoms with E-state index in [-0.39, 0.29) is 5.75 Å². The number of carbonyl (C=O) groups is 1. The standard InChI is InChI=1S/C6H15N.2C6H5.C2H4O2S.ClH.Sn/c1-4-7(5-2)6-3;2*1-2-4-6-5-3-1;3-2(4)1-5;;/h4-6H2,1-3H3;2*1-5H;5H,1H2,(H,3,4);1H;/q;;;;;+1/p-1. The van der Waals surface area contributed by atoms with E-state index in [2.05, 4.69) is 81.9 Å². The summed E-state index contributed by atoms with van der Waals surface area (Å²) >= 11 is 2.05. The van der Waals surface area contributed by atoms with Crippen LogP contribution in [0.15, 0.2) is 60.7 Å². The van der Waals surface area contributed by atoms with Crippen molar-refractivity contribution < 1.29 is 14.8 Å². The Balaban J connectivity index is 0.000000439. The van der Waals surface area contributed by atoms with E-state index in [4.69, 9.17) is 14.0 Å². The van der Waals surface area contributed by atoms with Crippen molar-refractivity contribution in [3.63, 3.8) is 0 Å². The summed E-state index contributed by atoms with van der Waals surface area (Å²) in [4.78, 5) is 10.9. The molecule has 2 aromatic carbocycles. The molecule has 2 aromatic rings. The van der Waals surface area contributed by atoms with Crippen LogP contribution in [0, 0.1) is 0 Å². The Hall–Kier alpha value is -0.691. The van der Waals surface area contributed by atoms with Gasteiger partial charge in [0.1, 0.15) is 0 Å². The van der Waals surface area contributed by atoms with Crippen molar-refractivity contribution in [1.29, 1.82) is 0 Å². The third-order valence-electron chi connectivity index (χ3n) is 3.68. The topological polar surface area (TPSA) is 41.7 Å². The van der Waals surface area contributed by atoms with E-state index in [0.717, 1.165) is 0 Å². The number of carboxylic acids is 1. The molecule has 0 saturated carbocycles. The number of nitrogens with one attached hydrogen (secondary N) is 1. The van der Waals surface area contributed by atoms with E-state index in [0.29, 0.717) is 0 Å². The van der Waals surface area contributed by atoms with Crippen molar-refractivity contribution in [1.82, 2.24) is 0 Å². The van der Waals surface area contributed by atoms with Gasteiger partial charge in [-0.05, 0) is 20.8 Å². The first-order chi connectivity index (χ1) is 12.5. The molecule has 0 saturated heterocycles. The fraction of sp³-hybridized carbons (Fsp3) is 0.350. The first kappa shape index (κ1) is 25.3. The van der Waals surface area contributed by atoms with E-state index in [1.165, 1.54) is 26.8 Å². The predicted octanol–water partition coefficient (Wildman–Crippen LogP) is 1.58. The fourth-order valence-electron chi connectivity index (χ4n) is 2.09. The summed E-state index contributed by atoms with van der Waals surface area (Å²) in [6, 6.07) is 20.8. The van der Waals surface area contributed by atoms with Gasteiger partial charge in [-0.15, -0.1) is 0 Å². The number of hydrogen-bond acceptors (Lipinski definition) is 2. The van der Waals surface area contributed by atoms with Crippen LogP contribution in [0.5, 0.6) is 0 Å². The van der Waals surface area contributed by atoms with Gasteiger partial charge >= 0.3 is 95.4 Å². The van der Waals surface area contributed by atoms with Gasteiger partial charge in [-0.2, -0.15) is 0 Å². The van der Waals surface area contributed by atoms with Crippen LogP contribution in [-0.2, 0) is 17.4 Å². The molecule has 2 rings (SSSR count). The van der Waals surface area contributed by atoms with Crippen LogP contribution in [0.4, 0.5) is 0 Å².